The second-order valence-electron chi connectivity index (χ2n) is 8.97. The largest absolute Gasteiger partial charge is 0.475 e. The Morgan fingerprint density at radius 1 is 0.886 bits per heavy atom. The topological polar surface area (TPSA) is 125 Å². The molecule has 0 fully saturated rings. The number of Topliss-reactive ketones (excluding diaryl/α,β-unsaturated/α-hetero) is 1. The van der Waals surface area contributed by atoms with Gasteiger partial charge in [0.05, 0.1) is 6.04 Å². The van der Waals surface area contributed by atoms with E-state index >= 15 is 0 Å². The van der Waals surface area contributed by atoms with Gasteiger partial charge in [-0.2, -0.15) is 0 Å². The predicted molar refractivity (Wildman–Crippen MR) is 129 cm³/mol. The molecule has 0 saturated heterocycles. The zero-order valence-electron chi connectivity index (χ0n) is 20.5. The van der Waals surface area contributed by atoms with Crippen LogP contribution in [0, 0.1) is 5.92 Å². The first-order valence-electron chi connectivity index (χ1n) is 11.5. The number of alkyl halides is 2. The van der Waals surface area contributed by atoms with E-state index in [0.29, 0.717) is 6.42 Å². The summed E-state index contributed by atoms with van der Waals surface area (Å²) in [7, 11) is 0. The van der Waals surface area contributed by atoms with Gasteiger partial charge in [-0.3, -0.25) is 14.4 Å². The second kappa shape index (κ2) is 15.0. The van der Waals surface area contributed by atoms with Gasteiger partial charge in [0, 0.05) is 12.5 Å². The summed E-state index contributed by atoms with van der Waals surface area (Å²) < 4.78 is 25.7. The summed E-state index contributed by atoms with van der Waals surface area (Å²) in [5.74, 6) is -4.91. The highest BCUT2D eigenvalue weighted by atomic mass is 19.3. The summed E-state index contributed by atoms with van der Waals surface area (Å²) in [6.07, 6.45) is 0.0393. The molecule has 8 nitrogen and oxygen atoms in total. The third-order valence-electron chi connectivity index (χ3n) is 4.93. The van der Waals surface area contributed by atoms with Crippen LogP contribution in [0.25, 0.3) is 6.08 Å². The number of carboxylic acid groups (broad SMARTS) is 1. The van der Waals surface area contributed by atoms with Gasteiger partial charge in [-0.25, -0.2) is 13.6 Å². The van der Waals surface area contributed by atoms with Crippen molar-refractivity contribution in [2.45, 2.75) is 77.6 Å². The van der Waals surface area contributed by atoms with Crippen LogP contribution in [0.1, 0.15) is 52.5 Å². The Hall–Kier alpha value is -3.14. The number of hydrogen-bond acceptors (Lipinski definition) is 5. The molecule has 0 aliphatic rings. The predicted octanol–water partition coefficient (Wildman–Crippen LogP) is 2.78. The van der Waals surface area contributed by atoms with E-state index < -0.39 is 54.5 Å². The Morgan fingerprint density at radius 3 is 1.97 bits per heavy atom. The molecule has 1 aromatic rings. The van der Waals surface area contributed by atoms with Crippen LogP contribution in [-0.4, -0.2) is 59.3 Å². The van der Waals surface area contributed by atoms with Crippen molar-refractivity contribution in [1.82, 2.24) is 16.0 Å². The minimum absolute atomic E-state index is 0.0446. The van der Waals surface area contributed by atoms with Crippen molar-refractivity contribution in [2.24, 2.45) is 5.92 Å². The quantitative estimate of drug-likeness (QED) is 0.277. The van der Waals surface area contributed by atoms with Crippen LogP contribution in [-0.2, 0) is 19.2 Å². The van der Waals surface area contributed by atoms with E-state index in [1.165, 1.54) is 0 Å². The molecule has 10 heteroatoms. The van der Waals surface area contributed by atoms with E-state index in [4.69, 9.17) is 5.11 Å². The smallest absolute Gasteiger partial charge is 0.374 e. The minimum atomic E-state index is -3.00. The van der Waals surface area contributed by atoms with E-state index in [9.17, 15) is 28.0 Å². The van der Waals surface area contributed by atoms with Gasteiger partial charge in [0.2, 0.25) is 18.2 Å². The molecule has 2 amide bonds. The molecule has 0 spiro atoms. The number of benzene rings is 1. The van der Waals surface area contributed by atoms with Crippen LogP contribution in [0.15, 0.2) is 36.4 Å². The van der Waals surface area contributed by atoms with E-state index in [0.717, 1.165) is 5.56 Å². The lowest BCUT2D eigenvalue weighted by Gasteiger charge is -2.26. The molecule has 35 heavy (non-hydrogen) atoms. The molecule has 0 saturated carbocycles. The highest BCUT2D eigenvalue weighted by molar-refractivity contribution is 6.35. The number of carboxylic acids is 1. The number of halogens is 2. The van der Waals surface area contributed by atoms with E-state index in [-0.39, 0.29) is 18.4 Å². The van der Waals surface area contributed by atoms with Crippen molar-refractivity contribution in [3.63, 3.8) is 0 Å². The number of amides is 2. The van der Waals surface area contributed by atoms with E-state index in [1.54, 1.807) is 13.8 Å². The van der Waals surface area contributed by atoms with Crippen LogP contribution >= 0.6 is 0 Å². The third kappa shape index (κ3) is 11.7. The van der Waals surface area contributed by atoms with Crippen molar-refractivity contribution in [3.8, 4) is 0 Å². The van der Waals surface area contributed by atoms with E-state index in [2.05, 4.69) is 16.0 Å². The summed E-state index contributed by atoms with van der Waals surface area (Å²) in [5.41, 5.74) is 0.960. The van der Waals surface area contributed by atoms with Gasteiger partial charge >= 0.3 is 5.97 Å². The second-order valence-corrected chi connectivity index (χ2v) is 8.97. The number of nitrogens with one attached hydrogen (secondary N) is 3. The fourth-order valence-corrected chi connectivity index (χ4v) is 3.36. The van der Waals surface area contributed by atoms with Gasteiger partial charge in [0.15, 0.2) is 0 Å². The third-order valence-corrected chi connectivity index (χ3v) is 4.93. The highest BCUT2D eigenvalue weighted by Gasteiger charge is 2.33. The number of carbonyl (C=O) groups excluding carboxylic acids is 3. The number of aliphatic carboxylic acids is 1. The summed E-state index contributed by atoms with van der Waals surface area (Å²) in [4.78, 5) is 48.7. The molecule has 1 rings (SSSR count). The summed E-state index contributed by atoms with van der Waals surface area (Å²) in [6, 6.07) is 5.74. The number of hydrogen-bond donors (Lipinski definition) is 4. The lowest BCUT2D eigenvalue weighted by molar-refractivity contribution is -0.151. The first kappa shape index (κ1) is 29.9. The maximum atomic E-state index is 13.1. The first-order valence-corrected chi connectivity index (χ1v) is 11.5. The molecule has 3 atom stereocenters. The van der Waals surface area contributed by atoms with Crippen molar-refractivity contribution in [1.29, 1.82) is 0 Å². The lowest BCUT2D eigenvalue weighted by atomic mass is 10.0. The van der Waals surface area contributed by atoms with Gasteiger partial charge in [0.1, 0.15) is 12.1 Å². The molecule has 0 aliphatic heterocycles. The monoisotopic (exact) mass is 495 g/mol. The van der Waals surface area contributed by atoms with E-state index in [1.807, 2.05) is 56.3 Å². The van der Waals surface area contributed by atoms with Crippen molar-refractivity contribution < 1.29 is 33.1 Å². The van der Waals surface area contributed by atoms with Crippen molar-refractivity contribution >= 4 is 29.6 Å². The lowest BCUT2D eigenvalue weighted by Crippen LogP contribution is -2.56. The molecule has 0 heterocycles. The Morgan fingerprint density at radius 2 is 1.46 bits per heavy atom. The average Bonchev–Trinajstić information content (AvgIpc) is 2.76. The molecule has 4 N–H and O–H groups in total. The zero-order chi connectivity index (χ0) is 26.5. The van der Waals surface area contributed by atoms with Crippen LogP contribution < -0.4 is 16.0 Å². The molecule has 0 bridgehead atoms. The fraction of sp³-hybridized carbons (Fsp3) is 0.520. The van der Waals surface area contributed by atoms with Crippen LogP contribution in [0.5, 0.6) is 0 Å². The minimum Gasteiger partial charge on any atom is -0.475 e. The standard InChI is InChI=1S/C25H35F2N3O5/c1-15(2)13-20(24(33)29-19(14-21(26)27)22(31)25(34)35)30-23(32)18(28-16(3)4)12-8-11-17-9-6-5-7-10-17/h5-11,15-16,18-21,28H,12-14H2,1-4H3,(H,29,33)(H,30,32)(H,34,35)/b11-8+. The summed E-state index contributed by atoms with van der Waals surface area (Å²) >= 11 is 0. The summed E-state index contributed by atoms with van der Waals surface area (Å²) in [5, 5.41) is 16.8. The van der Waals surface area contributed by atoms with Gasteiger partial charge < -0.3 is 21.1 Å². The maximum Gasteiger partial charge on any atom is 0.374 e. The average molecular weight is 496 g/mol. The van der Waals surface area contributed by atoms with Crippen LogP contribution in [0.2, 0.25) is 0 Å². The van der Waals surface area contributed by atoms with Gasteiger partial charge in [-0.1, -0.05) is 70.2 Å². The van der Waals surface area contributed by atoms with Gasteiger partial charge in [0.25, 0.3) is 5.78 Å². The van der Waals surface area contributed by atoms with Gasteiger partial charge in [-0.15, -0.1) is 0 Å². The Bertz CT molecular complexity index is 875. The fourth-order valence-electron chi connectivity index (χ4n) is 3.36. The molecule has 0 aliphatic carbocycles. The molecule has 1 aromatic carbocycles. The normalized spacial score (nSPS) is 14.2. The molecular formula is C25H35F2N3O5. The highest BCUT2D eigenvalue weighted by Crippen LogP contribution is 2.11. The molecular weight excluding hydrogens is 460 g/mol. The first-order chi connectivity index (χ1) is 16.4. The maximum absolute atomic E-state index is 13.1. The van der Waals surface area contributed by atoms with Crippen molar-refractivity contribution in [2.75, 3.05) is 0 Å². The Balaban J connectivity index is 3.00. The molecule has 0 aromatic heterocycles. The number of ketones is 1. The molecule has 3 unspecified atom stereocenters. The number of rotatable bonds is 15. The van der Waals surface area contributed by atoms with Crippen LogP contribution in [0.3, 0.4) is 0 Å². The molecule has 194 valence electrons. The Kier molecular flexibility index (Phi) is 12.8. The Labute approximate surface area is 204 Å². The zero-order valence-corrected chi connectivity index (χ0v) is 20.5. The van der Waals surface area contributed by atoms with Crippen LogP contribution in [0.4, 0.5) is 8.78 Å². The SMILES string of the molecule is CC(C)CC(NC(=O)C(C/C=C/c1ccccc1)NC(C)C)C(=O)NC(CC(F)F)C(=O)C(=O)O. The summed E-state index contributed by atoms with van der Waals surface area (Å²) in [6.45, 7) is 7.34. The van der Waals surface area contributed by atoms with Gasteiger partial charge in [-0.05, 0) is 24.3 Å². The van der Waals surface area contributed by atoms with Crippen molar-refractivity contribution in [3.05, 3.63) is 42.0 Å². The molecule has 0 radical (unpaired) electrons. The number of carbonyl (C=O) groups is 4.